The Kier molecular flexibility index (Phi) is 6.31. The fourth-order valence-electron chi connectivity index (χ4n) is 4.02. The number of nitrogens with zero attached hydrogens (tertiary/aromatic N) is 6. The average Bonchev–Trinajstić information content (AvgIpc) is 3.39. The van der Waals surface area contributed by atoms with Crippen LogP contribution in [0.1, 0.15) is 56.0 Å². The predicted molar refractivity (Wildman–Crippen MR) is 118 cm³/mol. The third-order valence-corrected chi connectivity index (χ3v) is 6.91. The van der Waals surface area contributed by atoms with Crippen LogP contribution in [0.25, 0.3) is 11.4 Å². The Bertz CT molecular complexity index is 1090. The van der Waals surface area contributed by atoms with Crippen molar-refractivity contribution in [2.45, 2.75) is 62.3 Å². The SMILES string of the molecule is FC(F)(F)c1cccc(-c2noc(CCCSc3nnc(N4CCCCC4)n3C3CC3)n2)c1. The second kappa shape index (κ2) is 9.36. The maximum atomic E-state index is 12.9. The normalized spacial score (nSPS) is 17.0. The number of alkyl halides is 3. The van der Waals surface area contributed by atoms with Crippen molar-refractivity contribution >= 4 is 17.7 Å². The van der Waals surface area contributed by atoms with E-state index in [1.165, 1.54) is 38.2 Å². The topological polar surface area (TPSA) is 72.9 Å². The molecule has 3 heterocycles. The Balaban J connectivity index is 1.17. The van der Waals surface area contributed by atoms with E-state index in [0.29, 0.717) is 18.4 Å². The van der Waals surface area contributed by atoms with E-state index in [2.05, 4.69) is 29.8 Å². The van der Waals surface area contributed by atoms with Crippen molar-refractivity contribution in [1.82, 2.24) is 24.9 Å². The monoisotopic (exact) mass is 478 g/mol. The average molecular weight is 479 g/mol. The number of hydrogen-bond donors (Lipinski definition) is 0. The van der Waals surface area contributed by atoms with Crippen LogP contribution in [0, 0.1) is 0 Å². The van der Waals surface area contributed by atoms with Crippen LogP contribution in [0.5, 0.6) is 0 Å². The summed E-state index contributed by atoms with van der Waals surface area (Å²) in [5.41, 5.74) is -0.441. The number of halogens is 3. The molecule has 0 spiro atoms. The molecule has 1 saturated heterocycles. The molecule has 1 saturated carbocycles. The van der Waals surface area contributed by atoms with Gasteiger partial charge in [-0.1, -0.05) is 29.1 Å². The van der Waals surface area contributed by atoms with Gasteiger partial charge in [0.2, 0.25) is 17.7 Å². The molecule has 33 heavy (non-hydrogen) atoms. The van der Waals surface area contributed by atoms with Crippen LogP contribution in [0.2, 0.25) is 0 Å². The lowest BCUT2D eigenvalue weighted by molar-refractivity contribution is -0.137. The number of thioether (sulfide) groups is 1. The van der Waals surface area contributed by atoms with Gasteiger partial charge in [0, 0.05) is 36.9 Å². The summed E-state index contributed by atoms with van der Waals surface area (Å²) in [6.07, 6.45) is 2.95. The quantitative estimate of drug-likeness (QED) is 0.317. The van der Waals surface area contributed by atoms with Crippen LogP contribution < -0.4 is 4.90 Å². The standard InChI is InChI=1S/C22H25F3N6OS/c23-22(24,25)16-7-4-6-15(14-16)19-26-18(32-29-19)8-5-13-33-21-28-27-20(31(21)17-9-10-17)30-11-2-1-3-12-30/h4,6-7,14,17H,1-3,5,8-13H2. The van der Waals surface area contributed by atoms with Crippen LogP contribution in [-0.2, 0) is 12.6 Å². The van der Waals surface area contributed by atoms with E-state index >= 15 is 0 Å². The summed E-state index contributed by atoms with van der Waals surface area (Å²) in [7, 11) is 0. The molecule has 0 unspecified atom stereocenters. The maximum absolute atomic E-state index is 12.9. The van der Waals surface area contributed by atoms with E-state index in [1.807, 2.05) is 0 Å². The minimum Gasteiger partial charge on any atom is -0.341 e. The summed E-state index contributed by atoms with van der Waals surface area (Å²) in [5.74, 6) is 2.40. The molecule has 2 aliphatic rings. The first-order valence-electron chi connectivity index (χ1n) is 11.3. The van der Waals surface area contributed by atoms with Crippen molar-refractivity contribution in [1.29, 1.82) is 0 Å². The number of hydrogen-bond acceptors (Lipinski definition) is 7. The minimum absolute atomic E-state index is 0.170. The van der Waals surface area contributed by atoms with E-state index in [9.17, 15) is 13.2 Å². The van der Waals surface area contributed by atoms with Gasteiger partial charge in [0.25, 0.3) is 0 Å². The highest BCUT2D eigenvalue weighted by Gasteiger charge is 2.32. The highest BCUT2D eigenvalue weighted by molar-refractivity contribution is 7.99. The van der Waals surface area contributed by atoms with Crippen molar-refractivity contribution in [2.75, 3.05) is 23.7 Å². The largest absolute Gasteiger partial charge is 0.416 e. The number of benzene rings is 1. The van der Waals surface area contributed by atoms with E-state index in [4.69, 9.17) is 4.52 Å². The highest BCUT2D eigenvalue weighted by Crippen LogP contribution is 2.41. The summed E-state index contributed by atoms with van der Waals surface area (Å²) in [4.78, 5) is 6.63. The summed E-state index contributed by atoms with van der Waals surface area (Å²) in [5, 5.41) is 13.8. The van der Waals surface area contributed by atoms with Crippen LogP contribution in [-0.4, -0.2) is 43.7 Å². The zero-order valence-electron chi connectivity index (χ0n) is 18.1. The van der Waals surface area contributed by atoms with E-state index in [0.717, 1.165) is 48.5 Å². The molecule has 0 atom stereocenters. The molecule has 1 aliphatic heterocycles. The van der Waals surface area contributed by atoms with Gasteiger partial charge in [-0.25, -0.2) is 0 Å². The number of anilines is 1. The summed E-state index contributed by atoms with van der Waals surface area (Å²) in [6.45, 7) is 2.09. The Morgan fingerprint density at radius 2 is 1.91 bits per heavy atom. The van der Waals surface area contributed by atoms with Gasteiger partial charge in [-0.2, -0.15) is 18.2 Å². The molecule has 5 rings (SSSR count). The molecule has 1 aliphatic carbocycles. The summed E-state index contributed by atoms with van der Waals surface area (Å²) >= 11 is 1.68. The third-order valence-electron chi connectivity index (χ3n) is 5.88. The first kappa shape index (κ1) is 22.2. The molecule has 2 fully saturated rings. The van der Waals surface area contributed by atoms with Crippen molar-refractivity contribution < 1.29 is 17.7 Å². The third kappa shape index (κ3) is 5.18. The molecule has 176 valence electrons. The van der Waals surface area contributed by atoms with Gasteiger partial charge in [-0.3, -0.25) is 4.57 Å². The van der Waals surface area contributed by atoms with Crippen molar-refractivity contribution in [3.63, 3.8) is 0 Å². The second-order valence-electron chi connectivity index (χ2n) is 8.47. The minimum atomic E-state index is -4.41. The van der Waals surface area contributed by atoms with Crippen molar-refractivity contribution in [3.05, 3.63) is 35.7 Å². The molecule has 3 aromatic rings. The predicted octanol–water partition coefficient (Wildman–Crippen LogP) is 5.40. The number of rotatable bonds is 8. The Labute approximate surface area is 193 Å². The van der Waals surface area contributed by atoms with Gasteiger partial charge >= 0.3 is 6.18 Å². The smallest absolute Gasteiger partial charge is 0.341 e. The van der Waals surface area contributed by atoms with Gasteiger partial charge in [0.15, 0.2) is 5.16 Å². The molecule has 1 aromatic carbocycles. The first-order valence-corrected chi connectivity index (χ1v) is 12.3. The number of aromatic nitrogens is 5. The van der Waals surface area contributed by atoms with Crippen LogP contribution in [0.15, 0.2) is 33.9 Å². The lowest BCUT2D eigenvalue weighted by Crippen LogP contribution is -2.31. The van der Waals surface area contributed by atoms with Gasteiger partial charge in [0.1, 0.15) is 0 Å². The first-order chi connectivity index (χ1) is 16.0. The van der Waals surface area contributed by atoms with E-state index < -0.39 is 11.7 Å². The van der Waals surface area contributed by atoms with Gasteiger partial charge in [0.05, 0.1) is 5.56 Å². The van der Waals surface area contributed by atoms with Crippen molar-refractivity contribution in [3.8, 4) is 11.4 Å². The zero-order chi connectivity index (χ0) is 22.8. The fraction of sp³-hybridized carbons (Fsp3) is 0.545. The molecule has 11 heteroatoms. The lowest BCUT2D eigenvalue weighted by atomic mass is 10.1. The summed E-state index contributed by atoms with van der Waals surface area (Å²) in [6, 6.07) is 5.46. The van der Waals surface area contributed by atoms with Gasteiger partial charge in [-0.05, 0) is 50.7 Å². The van der Waals surface area contributed by atoms with Crippen LogP contribution in [0.3, 0.4) is 0 Å². The Hall–Kier alpha value is -2.56. The summed E-state index contributed by atoms with van der Waals surface area (Å²) < 4.78 is 46.4. The van der Waals surface area contributed by atoms with E-state index in [-0.39, 0.29) is 11.4 Å². The van der Waals surface area contributed by atoms with Crippen LogP contribution >= 0.6 is 11.8 Å². The molecule has 2 aromatic heterocycles. The lowest BCUT2D eigenvalue weighted by Gasteiger charge is -2.27. The zero-order valence-corrected chi connectivity index (χ0v) is 18.9. The van der Waals surface area contributed by atoms with Crippen molar-refractivity contribution in [2.24, 2.45) is 0 Å². The molecule has 0 N–H and O–H groups in total. The molecule has 0 amide bonds. The van der Waals surface area contributed by atoms with Gasteiger partial charge in [-0.15, -0.1) is 10.2 Å². The molecule has 0 bridgehead atoms. The molecule has 0 radical (unpaired) electrons. The fourth-order valence-corrected chi connectivity index (χ4v) is 4.96. The molecular formula is C22H25F3N6OS. The van der Waals surface area contributed by atoms with E-state index in [1.54, 1.807) is 17.8 Å². The number of piperidine rings is 1. The molecular weight excluding hydrogens is 453 g/mol. The van der Waals surface area contributed by atoms with Gasteiger partial charge < -0.3 is 9.42 Å². The Morgan fingerprint density at radius 3 is 2.67 bits per heavy atom. The second-order valence-corrected chi connectivity index (χ2v) is 9.54. The maximum Gasteiger partial charge on any atom is 0.416 e. The molecule has 7 nitrogen and oxygen atoms in total. The van der Waals surface area contributed by atoms with Crippen LogP contribution in [0.4, 0.5) is 19.1 Å². The Morgan fingerprint density at radius 1 is 1.09 bits per heavy atom. The highest BCUT2D eigenvalue weighted by atomic mass is 32.2. The number of aryl methyl sites for hydroxylation is 1.